The Hall–Kier alpha value is -4.33. The first kappa shape index (κ1) is 21.2. The molecule has 3 N–H and O–H groups in total. The molecular weight excluding hydrogens is 440 g/mol. The summed E-state index contributed by atoms with van der Waals surface area (Å²) in [5, 5.41) is 3.62. The maximum atomic E-state index is 13.1. The molecule has 0 spiro atoms. The molecule has 35 heavy (non-hydrogen) atoms. The molecule has 0 saturated heterocycles. The second-order valence-corrected chi connectivity index (χ2v) is 9.61. The molecule has 1 aliphatic heterocycles. The van der Waals surface area contributed by atoms with E-state index >= 15 is 0 Å². The van der Waals surface area contributed by atoms with Crippen LogP contribution in [0.25, 0.3) is 28.1 Å². The maximum absolute atomic E-state index is 13.1. The number of benzene rings is 2. The molecule has 8 heteroatoms. The minimum Gasteiger partial charge on any atom is -0.487 e. The Kier molecular flexibility index (Phi) is 4.77. The SMILES string of the molecule is Cc1cc(-n2ccnc2)cc2[nH]c(-c3c(N[C@H]4CC(C)(C)Oc5ccccc54)cc[nH]c3=O)nc12. The number of fused-ring (bicyclic) bond motifs is 2. The second-order valence-electron chi connectivity index (χ2n) is 9.61. The van der Waals surface area contributed by atoms with Crippen LogP contribution in [0, 0.1) is 6.92 Å². The first-order chi connectivity index (χ1) is 16.9. The van der Waals surface area contributed by atoms with E-state index in [4.69, 9.17) is 9.72 Å². The number of anilines is 1. The van der Waals surface area contributed by atoms with E-state index in [0.29, 0.717) is 11.4 Å². The van der Waals surface area contributed by atoms with Crippen LogP contribution in [0.1, 0.15) is 37.4 Å². The van der Waals surface area contributed by atoms with Crippen molar-refractivity contribution in [1.82, 2.24) is 24.5 Å². The molecule has 0 radical (unpaired) electrons. The monoisotopic (exact) mass is 466 g/mol. The Bertz CT molecular complexity index is 1600. The first-order valence-corrected chi connectivity index (χ1v) is 11.6. The lowest BCUT2D eigenvalue weighted by atomic mass is 9.89. The molecule has 0 amide bonds. The van der Waals surface area contributed by atoms with Crippen LogP contribution in [0.5, 0.6) is 5.75 Å². The van der Waals surface area contributed by atoms with E-state index in [1.807, 2.05) is 48.0 Å². The number of hydrogen-bond acceptors (Lipinski definition) is 5. The van der Waals surface area contributed by atoms with Gasteiger partial charge in [-0.1, -0.05) is 18.2 Å². The van der Waals surface area contributed by atoms with Gasteiger partial charge in [0.2, 0.25) is 0 Å². The van der Waals surface area contributed by atoms with Gasteiger partial charge in [-0.15, -0.1) is 0 Å². The van der Waals surface area contributed by atoms with E-state index in [2.05, 4.69) is 46.2 Å². The van der Waals surface area contributed by atoms with E-state index in [0.717, 1.165) is 45.7 Å². The van der Waals surface area contributed by atoms with Gasteiger partial charge in [-0.3, -0.25) is 4.79 Å². The number of para-hydroxylation sites is 1. The number of pyridine rings is 1. The highest BCUT2D eigenvalue weighted by Gasteiger charge is 2.34. The van der Waals surface area contributed by atoms with Gasteiger partial charge < -0.3 is 24.6 Å². The summed E-state index contributed by atoms with van der Waals surface area (Å²) >= 11 is 0. The summed E-state index contributed by atoms with van der Waals surface area (Å²) in [6.07, 6.45) is 7.82. The molecule has 2 aromatic carbocycles. The van der Waals surface area contributed by atoms with Crippen LogP contribution in [-0.2, 0) is 0 Å². The lowest BCUT2D eigenvalue weighted by molar-refractivity contribution is 0.0759. The summed E-state index contributed by atoms with van der Waals surface area (Å²) in [6.45, 7) is 6.18. The molecule has 0 bridgehead atoms. The largest absolute Gasteiger partial charge is 0.487 e. The molecule has 5 aromatic rings. The smallest absolute Gasteiger partial charge is 0.261 e. The van der Waals surface area contributed by atoms with Crippen molar-refractivity contribution in [2.75, 3.05) is 5.32 Å². The molecule has 176 valence electrons. The number of nitrogens with zero attached hydrogens (tertiary/aromatic N) is 3. The van der Waals surface area contributed by atoms with Crippen molar-refractivity contribution in [3.8, 4) is 22.8 Å². The van der Waals surface area contributed by atoms with E-state index < -0.39 is 0 Å². The van der Waals surface area contributed by atoms with Crippen molar-refractivity contribution in [1.29, 1.82) is 0 Å². The number of ether oxygens (including phenoxy) is 1. The van der Waals surface area contributed by atoms with Gasteiger partial charge in [0.15, 0.2) is 0 Å². The molecule has 0 aliphatic carbocycles. The highest BCUT2D eigenvalue weighted by atomic mass is 16.5. The van der Waals surface area contributed by atoms with E-state index in [1.165, 1.54) is 0 Å². The topological polar surface area (TPSA) is 101 Å². The molecule has 0 saturated carbocycles. The zero-order chi connectivity index (χ0) is 24.2. The van der Waals surface area contributed by atoms with Crippen LogP contribution < -0.4 is 15.6 Å². The molecule has 1 aliphatic rings. The molecule has 8 nitrogen and oxygen atoms in total. The Labute approximate surface area is 202 Å². The van der Waals surface area contributed by atoms with Crippen LogP contribution >= 0.6 is 0 Å². The number of H-pyrrole nitrogens is 2. The highest BCUT2D eigenvalue weighted by molar-refractivity contribution is 5.86. The number of rotatable bonds is 4. The van der Waals surface area contributed by atoms with Gasteiger partial charge in [0.05, 0.1) is 29.1 Å². The van der Waals surface area contributed by atoms with Gasteiger partial charge >= 0.3 is 0 Å². The summed E-state index contributed by atoms with van der Waals surface area (Å²) < 4.78 is 8.13. The zero-order valence-corrected chi connectivity index (χ0v) is 19.8. The molecule has 4 heterocycles. The fraction of sp³-hybridized carbons (Fsp3) is 0.222. The summed E-state index contributed by atoms with van der Waals surface area (Å²) in [5.74, 6) is 1.38. The zero-order valence-electron chi connectivity index (χ0n) is 19.8. The lowest BCUT2D eigenvalue weighted by Crippen LogP contribution is -2.37. The fourth-order valence-electron chi connectivity index (χ4n) is 4.90. The van der Waals surface area contributed by atoms with Crippen LogP contribution in [0.4, 0.5) is 5.69 Å². The third-order valence-corrected chi connectivity index (χ3v) is 6.47. The molecule has 6 rings (SSSR count). The second kappa shape index (κ2) is 7.87. The average Bonchev–Trinajstić information content (AvgIpc) is 3.49. The van der Waals surface area contributed by atoms with Crippen molar-refractivity contribution >= 4 is 16.7 Å². The Morgan fingerprint density at radius 3 is 2.89 bits per heavy atom. The Morgan fingerprint density at radius 2 is 2.06 bits per heavy atom. The Morgan fingerprint density at radius 1 is 1.20 bits per heavy atom. The number of hydrogen-bond donors (Lipinski definition) is 3. The predicted octanol–water partition coefficient (Wildman–Crippen LogP) is 5.13. The normalized spacial score (nSPS) is 16.6. The van der Waals surface area contributed by atoms with Crippen LogP contribution in [-0.4, -0.2) is 30.1 Å². The first-order valence-electron chi connectivity index (χ1n) is 11.6. The summed E-state index contributed by atoms with van der Waals surface area (Å²) in [6, 6.07) is 14.0. The van der Waals surface area contributed by atoms with Crippen molar-refractivity contribution in [2.24, 2.45) is 0 Å². The van der Waals surface area contributed by atoms with Crippen molar-refractivity contribution in [3.63, 3.8) is 0 Å². The van der Waals surface area contributed by atoms with E-state index in [1.54, 1.807) is 18.7 Å². The summed E-state index contributed by atoms with van der Waals surface area (Å²) in [7, 11) is 0. The minimum atomic E-state index is -0.340. The number of nitrogens with one attached hydrogen (secondary N) is 3. The number of aromatic amines is 2. The molecule has 0 unspecified atom stereocenters. The highest BCUT2D eigenvalue weighted by Crippen LogP contribution is 2.41. The quantitative estimate of drug-likeness (QED) is 0.341. The predicted molar refractivity (Wildman–Crippen MR) is 136 cm³/mol. The summed E-state index contributed by atoms with van der Waals surface area (Å²) in [4.78, 5) is 28.2. The fourth-order valence-corrected chi connectivity index (χ4v) is 4.90. The number of aryl methyl sites for hydroxylation is 1. The maximum Gasteiger partial charge on any atom is 0.261 e. The van der Waals surface area contributed by atoms with Gasteiger partial charge in [0.25, 0.3) is 5.56 Å². The Balaban J connectivity index is 1.44. The standard InChI is InChI=1S/C27H26N6O2/c1-16-12-17(33-11-10-28-15-33)13-20-24(16)32-25(31-20)23-19(8-9-29-26(23)34)30-21-14-27(2,3)35-22-7-5-4-6-18(21)22/h4-13,15,21H,14H2,1-3H3,(H,31,32)(H2,29,30,34)/t21-/m0/s1. The third kappa shape index (κ3) is 3.77. The molecule has 1 atom stereocenters. The van der Waals surface area contributed by atoms with Gasteiger partial charge in [0, 0.05) is 36.3 Å². The van der Waals surface area contributed by atoms with Crippen molar-refractivity contribution in [3.05, 3.63) is 88.9 Å². The van der Waals surface area contributed by atoms with E-state index in [9.17, 15) is 4.79 Å². The van der Waals surface area contributed by atoms with Gasteiger partial charge in [-0.05, 0) is 50.6 Å². The summed E-state index contributed by atoms with van der Waals surface area (Å²) in [5.41, 5.74) is 5.40. The van der Waals surface area contributed by atoms with Gasteiger partial charge in [-0.2, -0.15) is 0 Å². The van der Waals surface area contributed by atoms with Crippen molar-refractivity contribution < 1.29 is 4.74 Å². The van der Waals surface area contributed by atoms with Crippen LogP contribution in [0.3, 0.4) is 0 Å². The third-order valence-electron chi connectivity index (χ3n) is 6.47. The number of aromatic nitrogens is 5. The number of imidazole rings is 2. The van der Waals surface area contributed by atoms with Crippen molar-refractivity contribution in [2.45, 2.75) is 38.8 Å². The molecular formula is C27H26N6O2. The molecule has 3 aromatic heterocycles. The minimum absolute atomic E-state index is 0.0190. The van der Waals surface area contributed by atoms with Gasteiger partial charge in [0.1, 0.15) is 22.7 Å². The van der Waals surface area contributed by atoms with Crippen LogP contribution in [0.15, 0.2) is 72.2 Å². The average molecular weight is 467 g/mol. The van der Waals surface area contributed by atoms with Gasteiger partial charge in [-0.25, -0.2) is 9.97 Å². The van der Waals surface area contributed by atoms with E-state index in [-0.39, 0.29) is 17.2 Å². The van der Waals surface area contributed by atoms with Crippen LogP contribution in [0.2, 0.25) is 0 Å². The lowest BCUT2D eigenvalue weighted by Gasteiger charge is -2.38. The molecule has 0 fully saturated rings.